The smallest absolute Gasteiger partial charge is 0.227 e. The molecule has 5 rings (SSSR count). The molecule has 9 heteroatoms. The number of hydrogen-bond donors (Lipinski definition) is 1. The largest absolute Gasteiger partial charge is 0.497 e. The van der Waals surface area contributed by atoms with Crippen LogP contribution in [0.1, 0.15) is 30.0 Å². The standard InChI is InChI=1S/C21H20N6O2S/c1-28-14-7-3-12(4-8-14)10-30-21-15-9-22-19(25-18(15)26-27-21)16-17(13-5-6-13)23-11-24-20(16)29-2/h3-4,7-9,11,13H,5-6,10H2,1-2H3,(H,22,25,26,27). The first kappa shape index (κ1) is 18.8. The van der Waals surface area contributed by atoms with E-state index in [1.807, 2.05) is 12.1 Å². The topological polar surface area (TPSA) is 98.7 Å². The lowest BCUT2D eigenvalue weighted by Gasteiger charge is -2.10. The molecule has 1 fully saturated rings. The van der Waals surface area contributed by atoms with E-state index in [1.54, 1.807) is 38.5 Å². The van der Waals surface area contributed by atoms with Crippen LogP contribution in [0.5, 0.6) is 11.6 Å². The molecule has 0 spiro atoms. The van der Waals surface area contributed by atoms with Crippen LogP contribution in [0.2, 0.25) is 0 Å². The minimum absolute atomic E-state index is 0.425. The van der Waals surface area contributed by atoms with Crippen molar-refractivity contribution in [3.05, 3.63) is 48.0 Å². The molecule has 8 nitrogen and oxygen atoms in total. The summed E-state index contributed by atoms with van der Waals surface area (Å²) >= 11 is 1.64. The molecule has 1 aliphatic rings. The normalized spacial score (nSPS) is 13.5. The van der Waals surface area contributed by atoms with Crippen molar-refractivity contribution in [3.8, 4) is 23.0 Å². The van der Waals surface area contributed by atoms with E-state index >= 15 is 0 Å². The first-order chi connectivity index (χ1) is 14.8. The van der Waals surface area contributed by atoms with Crippen molar-refractivity contribution in [2.24, 2.45) is 0 Å². The third kappa shape index (κ3) is 3.56. The molecule has 0 atom stereocenters. The van der Waals surface area contributed by atoms with Crippen molar-refractivity contribution in [1.29, 1.82) is 0 Å². The molecule has 0 unspecified atom stereocenters. The minimum atomic E-state index is 0.425. The Balaban J connectivity index is 1.43. The van der Waals surface area contributed by atoms with Crippen LogP contribution in [0.25, 0.3) is 22.4 Å². The van der Waals surface area contributed by atoms with E-state index in [9.17, 15) is 0 Å². The zero-order chi connectivity index (χ0) is 20.5. The van der Waals surface area contributed by atoms with Gasteiger partial charge in [-0.15, -0.1) is 0 Å². The second-order valence-corrected chi connectivity index (χ2v) is 8.00. The van der Waals surface area contributed by atoms with E-state index in [-0.39, 0.29) is 0 Å². The maximum absolute atomic E-state index is 5.47. The van der Waals surface area contributed by atoms with Gasteiger partial charge in [-0.25, -0.2) is 19.9 Å². The zero-order valence-corrected chi connectivity index (χ0v) is 17.4. The van der Waals surface area contributed by atoms with E-state index in [2.05, 4.69) is 37.3 Å². The Morgan fingerprint density at radius 3 is 2.63 bits per heavy atom. The highest BCUT2D eigenvalue weighted by Crippen LogP contribution is 2.45. The van der Waals surface area contributed by atoms with Gasteiger partial charge in [0.25, 0.3) is 0 Å². The first-order valence-corrected chi connectivity index (χ1v) is 10.6. The molecular formula is C21H20N6O2S. The van der Waals surface area contributed by atoms with E-state index in [4.69, 9.17) is 14.5 Å². The van der Waals surface area contributed by atoms with Crippen LogP contribution < -0.4 is 9.47 Å². The van der Waals surface area contributed by atoms with Gasteiger partial charge in [-0.2, -0.15) is 5.10 Å². The predicted molar refractivity (Wildman–Crippen MR) is 114 cm³/mol. The number of fused-ring (bicyclic) bond motifs is 1. The molecule has 0 amide bonds. The van der Waals surface area contributed by atoms with Gasteiger partial charge in [0.1, 0.15) is 22.7 Å². The average Bonchev–Trinajstić information content (AvgIpc) is 3.57. The van der Waals surface area contributed by atoms with Crippen molar-refractivity contribution in [1.82, 2.24) is 30.1 Å². The van der Waals surface area contributed by atoms with E-state index < -0.39 is 0 Å². The van der Waals surface area contributed by atoms with Crippen molar-refractivity contribution in [3.63, 3.8) is 0 Å². The molecule has 3 aromatic heterocycles. The monoisotopic (exact) mass is 420 g/mol. The molecule has 0 saturated heterocycles. The molecule has 1 aliphatic carbocycles. The Kier molecular flexibility index (Phi) is 4.96. The fraction of sp³-hybridized carbons (Fsp3) is 0.286. The summed E-state index contributed by atoms with van der Waals surface area (Å²) in [7, 11) is 3.27. The number of aromatic amines is 1. The number of ether oxygens (including phenoxy) is 2. The molecule has 1 aromatic carbocycles. The third-order valence-corrected chi connectivity index (χ3v) is 6.10. The number of hydrogen-bond acceptors (Lipinski definition) is 8. The summed E-state index contributed by atoms with van der Waals surface area (Å²) in [6.45, 7) is 0. The summed E-state index contributed by atoms with van der Waals surface area (Å²) in [6, 6.07) is 8.02. The molecule has 30 heavy (non-hydrogen) atoms. The third-order valence-electron chi connectivity index (χ3n) is 5.04. The Bertz CT molecular complexity index is 1190. The number of methoxy groups -OCH3 is 2. The van der Waals surface area contributed by atoms with Gasteiger partial charge in [0, 0.05) is 17.9 Å². The summed E-state index contributed by atoms with van der Waals surface area (Å²) in [5.41, 5.74) is 3.60. The molecule has 3 heterocycles. The Labute approximate surface area is 177 Å². The highest BCUT2D eigenvalue weighted by molar-refractivity contribution is 7.98. The van der Waals surface area contributed by atoms with Crippen LogP contribution in [0.4, 0.5) is 0 Å². The summed E-state index contributed by atoms with van der Waals surface area (Å²) in [4.78, 5) is 18.0. The maximum Gasteiger partial charge on any atom is 0.227 e. The molecule has 4 aromatic rings. The summed E-state index contributed by atoms with van der Waals surface area (Å²) in [6.07, 6.45) is 5.58. The van der Waals surface area contributed by atoms with Gasteiger partial charge in [-0.05, 0) is 30.5 Å². The van der Waals surface area contributed by atoms with Gasteiger partial charge in [0.05, 0.1) is 25.3 Å². The van der Waals surface area contributed by atoms with Gasteiger partial charge >= 0.3 is 0 Å². The Morgan fingerprint density at radius 2 is 1.90 bits per heavy atom. The fourth-order valence-corrected chi connectivity index (χ4v) is 4.22. The van der Waals surface area contributed by atoms with E-state index in [1.165, 1.54) is 5.56 Å². The first-order valence-electron chi connectivity index (χ1n) is 9.63. The SMILES string of the molecule is COc1ccc(CSc2n[nH]c3nc(-c4c(OC)ncnc4C4CC4)ncc23)cc1. The fourth-order valence-electron chi connectivity index (χ4n) is 3.30. The quantitative estimate of drug-likeness (QED) is 0.448. The van der Waals surface area contributed by atoms with Gasteiger partial charge < -0.3 is 9.47 Å². The lowest BCUT2D eigenvalue weighted by Crippen LogP contribution is -2.02. The Morgan fingerprint density at radius 1 is 1.07 bits per heavy atom. The summed E-state index contributed by atoms with van der Waals surface area (Å²) in [5, 5.41) is 9.23. The van der Waals surface area contributed by atoms with Crippen molar-refractivity contribution in [2.45, 2.75) is 29.5 Å². The van der Waals surface area contributed by atoms with Crippen LogP contribution in [-0.2, 0) is 5.75 Å². The molecule has 0 aliphatic heterocycles. The predicted octanol–water partition coefficient (Wildman–Crippen LogP) is 4.00. The Hall–Kier alpha value is -3.20. The number of rotatable bonds is 7. The second-order valence-electron chi connectivity index (χ2n) is 7.04. The van der Waals surface area contributed by atoms with Crippen LogP contribution in [-0.4, -0.2) is 44.4 Å². The second kappa shape index (κ2) is 7.91. The van der Waals surface area contributed by atoms with Crippen LogP contribution in [0, 0.1) is 0 Å². The summed E-state index contributed by atoms with van der Waals surface area (Å²) < 4.78 is 10.7. The van der Waals surface area contributed by atoms with Crippen molar-refractivity contribution < 1.29 is 9.47 Å². The number of thioether (sulfide) groups is 1. The van der Waals surface area contributed by atoms with Crippen molar-refractivity contribution >= 4 is 22.8 Å². The molecule has 0 bridgehead atoms. The van der Waals surface area contributed by atoms with E-state index in [0.717, 1.165) is 46.0 Å². The number of nitrogens with one attached hydrogen (secondary N) is 1. The number of nitrogens with zero attached hydrogens (tertiary/aromatic N) is 5. The van der Waals surface area contributed by atoms with Gasteiger partial charge in [-0.1, -0.05) is 23.9 Å². The molecular weight excluding hydrogens is 400 g/mol. The van der Waals surface area contributed by atoms with Crippen LogP contribution in [0.3, 0.4) is 0 Å². The molecule has 1 N–H and O–H groups in total. The highest BCUT2D eigenvalue weighted by Gasteiger charge is 2.31. The molecule has 1 saturated carbocycles. The number of H-pyrrole nitrogens is 1. The average molecular weight is 420 g/mol. The van der Waals surface area contributed by atoms with Gasteiger partial charge in [-0.3, -0.25) is 5.10 Å². The lowest BCUT2D eigenvalue weighted by molar-refractivity contribution is 0.397. The minimum Gasteiger partial charge on any atom is -0.497 e. The molecule has 152 valence electrons. The van der Waals surface area contributed by atoms with E-state index in [0.29, 0.717) is 23.3 Å². The van der Waals surface area contributed by atoms with Gasteiger partial charge in [0.2, 0.25) is 5.88 Å². The highest BCUT2D eigenvalue weighted by atomic mass is 32.2. The molecule has 0 radical (unpaired) electrons. The van der Waals surface area contributed by atoms with Crippen LogP contribution >= 0.6 is 11.8 Å². The number of benzene rings is 1. The zero-order valence-electron chi connectivity index (χ0n) is 16.6. The number of aromatic nitrogens is 6. The lowest BCUT2D eigenvalue weighted by atomic mass is 10.1. The van der Waals surface area contributed by atoms with Crippen LogP contribution in [0.15, 0.2) is 41.8 Å². The summed E-state index contributed by atoms with van der Waals surface area (Å²) in [5.74, 6) is 3.11. The van der Waals surface area contributed by atoms with Gasteiger partial charge in [0.15, 0.2) is 11.5 Å². The maximum atomic E-state index is 5.47. The van der Waals surface area contributed by atoms with Crippen molar-refractivity contribution in [2.75, 3.05) is 14.2 Å².